The van der Waals surface area contributed by atoms with Crippen molar-refractivity contribution in [1.82, 2.24) is 9.62 Å². The van der Waals surface area contributed by atoms with Crippen molar-refractivity contribution in [3.63, 3.8) is 0 Å². The molecule has 4 atom stereocenters. The van der Waals surface area contributed by atoms with Crippen molar-refractivity contribution < 1.29 is 27.4 Å². The summed E-state index contributed by atoms with van der Waals surface area (Å²) in [5.41, 5.74) is 1.57. The number of ether oxygens (including phenoxy) is 3. The van der Waals surface area contributed by atoms with E-state index in [0.29, 0.717) is 31.4 Å². The van der Waals surface area contributed by atoms with Crippen LogP contribution in [0.2, 0.25) is 5.02 Å². The Morgan fingerprint density at radius 1 is 1.15 bits per heavy atom. The molecule has 2 aliphatic heterocycles. The predicted molar refractivity (Wildman–Crippen MR) is 179 cm³/mol. The minimum absolute atomic E-state index is 0.0119. The number of amides is 1. The monoisotopic (exact) mass is 671 g/mol. The summed E-state index contributed by atoms with van der Waals surface area (Å²) < 4.78 is 48.4. The zero-order valence-corrected chi connectivity index (χ0v) is 28.8. The minimum atomic E-state index is -4.18. The normalized spacial score (nSPS) is 29.5. The number of benzene rings is 2. The summed E-state index contributed by atoms with van der Waals surface area (Å²) in [5, 5.41) is 0.731. The number of nitrogens with one attached hydrogen (secondary N) is 1. The Morgan fingerprint density at radius 2 is 1.98 bits per heavy atom. The van der Waals surface area contributed by atoms with E-state index in [-0.39, 0.29) is 28.9 Å². The summed E-state index contributed by atoms with van der Waals surface area (Å²) in [6.07, 6.45) is 8.87. The Hall–Kier alpha value is -2.63. The van der Waals surface area contributed by atoms with E-state index in [0.717, 1.165) is 55.9 Å². The van der Waals surface area contributed by atoms with E-state index in [1.807, 2.05) is 26.2 Å². The molecule has 0 saturated heterocycles. The number of fused-ring (bicyclic) bond motifs is 4. The highest BCUT2D eigenvalue weighted by molar-refractivity contribution is 7.90. The molecule has 46 heavy (non-hydrogen) atoms. The van der Waals surface area contributed by atoms with Gasteiger partial charge in [0, 0.05) is 30.1 Å². The molecule has 1 amide bonds. The van der Waals surface area contributed by atoms with Crippen LogP contribution in [0.25, 0.3) is 0 Å². The molecule has 2 heterocycles. The third-order valence-corrected chi connectivity index (χ3v) is 11.7. The van der Waals surface area contributed by atoms with E-state index in [2.05, 4.69) is 32.7 Å². The zero-order chi connectivity index (χ0) is 32.7. The third kappa shape index (κ3) is 6.83. The molecule has 0 unspecified atom stereocenters. The van der Waals surface area contributed by atoms with Crippen molar-refractivity contribution >= 4 is 33.2 Å². The van der Waals surface area contributed by atoms with Crippen molar-refractivity contribution in [3.05, 3.63) is 64.7 Å². The zero-order valence-electron chi connectivity index (χ0n) is 27.3. The van der Waals surface area contributed by atoms with E-state index >= 15 is 0 Å². The second-order valence-corrected chi connectivity index (χ2v) is 16.2. The number of aryl methyl sites for hydroxylation is 1. The predicted octanol–water partition coefficient (Wildman–Crippen LogP) is 4.96. The second kappa shape index (κ2) is 13.1. The van der Waals surface area contributed by atoms with Gasteiger partial charge in [0.1, 0.15) is 11.4 Å². The highest BCUT2D eigenvalue weighted by Gasteiger charge is 2.45. The molecule has 11 heteroatoms. The number of likely N-dealkylation sites (N-methyl/N-ethyl adjacent to an activating group) is 1. The standard InChI is InChI=1S/C35H46ClN3O6S/c1-34(2)33(40)37-46(41,42)27-11-14-32-30(20-27)39(22-35(23-44-32)15-5-7-24-19-26(36)10-13-29(24)35)21-25-9-12-28(25)31(8-6-17-45-34)43-18-16-38(3)4/h6,8,10-11,13-14,19-20,25,28,31H,5,7,9,12,15-18,21-23H2,1-4H3,(H,37,40)/b8-6-/t25-,28+,31-,35-/m0/s1. The maximum atomic E-state index is 13.6. The summed E-state index contributed by atoms with van der Waals surface area (Å²) >= 11 is 6.43. The van der Waals surface area contributed by atoms with E-state index < -0.39 is 21.5 Å². The van der Waals surface area contributed by atoms with E-state index in [1.165, 1.54) is 17.2 Å². The molecule has 0 aromatic heterocycles. The van der Waals surface area contributed by atoms with Crippen molar-refractivity contribution in [2.24, 2.45) is 11.8 Å². The molecule has 2 aliphatic carbocycles. The van der Waals surface area contributed by atoms with Crippen molar-refractivity contribution in [2.45, 2.75) is 68.0 Å². The summed E-state index contributed by atoms with van der Waals surface area (Å²) in [5.74, 6) is 0.527. The van der Waals surface area contributed by atoms with Crippen LogP contribution in [0.4, 0.5) is 5.69 Å². The van der Waals surface area contributed by atoms with Gasteiger partial charge in [-0.15, -0.1) is 0 Å². The second-order valence-electron chi connectivity index (χ2n) is 14.1. The van der Waals surface area contributed by atoms with Gasteiger partial charge in [0.25, 0.3) is 15.9 Å². The number of nitrogens with zero attached hydrogens (tertiary/aromatic N) is 2. The first kappa shape index (κ1) is 33.3. The topological polar surface area (TPSA) is 97.4 Å². The molecule has 1 fully saturated rings. The molecule has 2 bridgehead atoms. The molecule has 4 aliphatic rings. The van der Waals surface area contributed by atoms with Gasteiger partial charge in [-0.1, -0.05) is 29.8 Å². The molecule has 250 valence electrons. The van der Waals surface area contributed by atoms with Crippen LogP contribution >= 0.6 is 11.6 Å². The first-order chi connectivity index (χ1) is 21.9. The lowest BCUT2D eigenvalue weighted by molar-refractivity contribution is -0.139. The van der Waals surface area contributed by atoms with Gasteiger partial charge < -0.3 is 24.0 Å². The Labute approximate surface area is 278 Å². The SMILES string of the molecule is CN(C)CCO[C@H]1/C=C\COC(C)(C)C(=O)NS(=O)(=O)c2ccc3c(c2)N(C[C@@H]2CC[C@H]21)C[C@@]1(CCCc2cc(Cl)ccc21)CO3. The third-order valence-electron chi connectivity index (χ3n) is 10.2. The van der Waals surface area contributed by atoms with Gasteiger partial charge in [0.2, 0.25) is 0 Å². The molecular weight excluding hydrogens is 626 g/mol. The van der Waals surface area contributed by atoms with Crippen molar-refractivity contribution in [1.29, 1.82) is 0 Å². The summed E-state index contributed by atoms with van der Waals surface area (Å²) in [7, 11) is -0.117. The summed E-state index contributed by atoms with van der Waals surface area (Å²) in [4.78, 5) is 17.7. The molecular formula is C35H46ClN3O6S. The molecule has 9 nitrogen and oxygen atoms in total. The Bertz CT molecular complexity index is 1590. The molecule has 0 radical (unpaired) electrons. The number of carbonyl (C=O) groups is 1. The Morgan fingerprint density at radius 3 is 2.74 bits per heavy atom. The lowest BCUT2D eigenvalue weighted by Crippen LogP contribution is -2.50. The van der Waals surface area contributed by atoms with Crippen LogP contribution in [-0.4, -0.2) is 84.5 Å². The van der Waals surface area contributed by atoms with Crippen LogP contribution in [-0.2, 0) is 36.1 Å². The van der Waals surface area contributed by atoms with Crippen LogP contribution in [0.1, 0.15) is 50.7 Å². The van der Waals surface area contributed by atoms with Gasteiger partial charge in [-0.2, -0.15) is 0 Å². The highest BCUT2D eigenvalue weighted by atomic mass is 35.5. The summed E-state index contributed by atoms with van der Waals surface area (Å²) in [6.45, 7) is 6.59. The lowest BCUT2D eigenvalue weighted by Gasteiger charge is -2.46. The van der Waals surface area contributed by atoms with Crippen molar-refractivity contribution in [3.8, 4) is 5.75 Å². The van der Waals surface area contributed by atoms with E-state index in [9.17, 15) is 13.2 Å². The van der Waals surface area contributed by atoms with Crippen LogP contribution in [0.5, 0.6) is 5.75 Å². The maximum absolute atomic E-state index is 13.6. The maximum Gasteiger partial charge on any atom is 0.265 e. The van der Waals surface area contributed by atoms with Crippen LogP contribution < -0.4 is 14.4 Å². The molecule has 1 spiro atoms. The molecule has 2 aromatic carbocycles. The Kier molecular flexibility index (Phi) is 9.48. The summed E-state index contributed by atoms with van der Waals surface area (Å²) in [6, 6.07) is 11.1. The van der Waals surface area contributed by atoms with Gasteiger partial charge in [-0.3, -0.25) is 4.79 Å². The fourth-order valence-corrected chi connectivity index (χ4v) is 8.62. The van der Waals surface area contributed by atoms with Crippen LogP contribution in [0, 0.1) is 11.8 Å². The quantitative estimate of drug-likeness (QED) is 0.456. The van der Waals surface area contributed by atoms with Crippen molar-refractivity contribution in [2.75, 3.05) is 58.5 Å². The lowest BCUT2D eigenvalue weighted by atomic mass is 9.68. The molecule has 6 rings (SSSR count). The number of halogens is 1. The fraction of sp³-hybridized carbons (Fsp3) is 0.571. The average molecular weight is 672 g/mol. The molecule has 1 N–H and O–H groups in total. The number of rotatable bonds is 4. The first-order valence-electron chi connectivity index (χ1n) is 16.3. The van der Waals surface area contributed by atoms with E-state index in [4.69, 9.17) is 25.8 Å². The minimum Gasteiger partial charge on any atom is -0.490 e. The van der Waals surface area contributed by atoms with E-state index in [1.54, 1.807) is 26.0 Å². The highest BCUT2D eigenvalue weighted by Crippen LogP contribution is 2.47. The molecule has 2 aromatic rings. The number of hydrogen-bond acceptors (Lipinski definition) is 8. The van der Waals surface area contributed by atoms with Gasteiger partial charge in [-0.05, 0) is 113 Å². The number of hydrogen-bond donors (Lipinski definition) is 1. The van der Waals surface area contributed by atoms with Gasteiger partial charge in [-0.25, -0.2) is 13.1 Å². The van der Waals surface area contributed by atoms with Gasteiger partial charge in [0.05, 0.1) is 36.5 Å². The fourth-order valence-electron chi connectivity index (χ4n) is 7.31. The van der Waals surface area contributed by atoms with Crippen LogP contribution in [0.15, 0.2) is 53.4 Å². The first-order valence-corrected chi connectivity index (χ1v) is 18.2. The van der Waals surface area contributed by atoms with Crippen LogP contribution in [0.3, 0.4) is 0 Å². The molecule has 1 saturated carbocycles. The number of carbonyl (C=O) groups excluding carboxylic acids is 1. The smallest absolute Gasteiger partial charge is 0.265 e. The number of anilines is 1. The Balaban J connectivity index is 1.41. The van der Waals surface area contributed by atoms with Gasteiger partial charge >= 0.3 is 0 Å². The largest absolute Gasteiger partial charge is 0.490 e. The average Bonchev–Trinajstić information content (AvgIpc) is 3.13. The van der Waals surface area contributed by atoms with Gasteiger partial charge in [0.15, 0.2) is 0 Å². The number of sulfonamides is 1.